The Balaban J connectivity index is 1.87. The second-order valence-electron chi connectivity index (χ2n) is 6.08. The van der Waals surface area contributed by atoms with Crippen molar-refractivity contribution in [3.63, 3.8) is 0 Å². The zero-order valence-corrected chi connectivity index (χ0v) is 12.5. The molecule has 0 spiro atoms. The maximum Gasteiger partial charge on any atom is 0.250 e. The van der Waals surface area contributed by atoms with Gasteiger partial charge in [0, 0.05) is 18.0 Å². The lowest BCUT2D eigenvalue weighted by Crippen LogP contribution is -2.12. The molecule has 0 radical (unpaired) electrons. The molecule has 1 aliphatic rings. The molecule has 3 rings (SSSR count). The molecule has 22 heavy (non-hydrogen) atoms. The number of hydrogen-bond donors (Lipinski definition) is 2. The van der Waals surface area contributed by atoms with Crippen LogP contribution in [0.1, 0.15) is 47.5 Å². The molecule has 1 fully saturated rings. The highest BCUT2D eigenvalue weighted by Gasteiger charge is 2.28. The van der Waals surface area contributed by atoms with Crippen molar-refractivity contribution in [2.75, 3.05) is 0 Å². The van der Waals surface area contributed by atoms with E-state index in [2.05, 4.69) is 11.6 Å². The average Bonchev–Trinajstić information content (AvgIpc) is 3.14. The summed E-state index contributed by atoms with van der Waals surface area (Å²) in [5.41, 5.74) is 8.02. The molecular weight excluding hydrogens is 276 g/mol. The van der Waals surface area contributed by atoms with Crippen LogP contribution in [0.4, 0.5) is 0 Å². The minimum Gasteiger partial charge on any atom is -0.366 e. The first-order chi connectivity index (χ1) is 10.6. The monoisotopic (exact) mass is 296 g/mol. The molecule has 0 unspecified atom stereocenters. The minimum absolute atomic E-state index is 0.126. The number of rotatable bonds is 5. The Morgan fingerprint density at radius 1 is 1.32 bits per heavy atom. The second-order valence-corrected chi connectivity index (χ2v) is 6.08. The van der Waals surface area contributed by atoms with Crippen molar-refractivity contribution in [2.45, 2.75) is 31.6 Å². The van der Waals surface area contributed by atoms with Gasteiger partial charge in [-0.25, -0.2) is 0 Å². The van der Waals surface area contributed by atoms with Gasteiger partial charge in [0.1, 0.15) is 0 Å². The third kappa shape index (κ3) is 2.56. The number of allylic oxidation sites excluding steroid dienone is 1. The van der Waals surface area contributed by atoms with Gasteiger partial charge in [-0.2, -0.15) is 0 Å². The number of nitrogens with two attached hydrogens (primary N) is 1. The zero-order valence-electron chi connectivity index (χ0n) is 12.5. The number of carbonyl (C=O) groups excluding carboxylic acids is 2. The molecule has 0 aliphatic heterocycles. The van der Waals surface area contributed by atoms with Crippen molar-refractivity contribution >= 4 is 22.6 Å². The van der Waals surface area contributed by atoms with E-state index in [0.29, 0.717) is 23.8 Å². The predicted octanol–water partition coefficient (Wildman–Crippen LogP) is 3.30. The number of nitrogens with one attached hydrogen (secondary N) is 1. The van der Waals surface area contributed by atoms with Crippen LogP contribution in [-0.2, 0) is 4.79 Å². The summed E-state index contributed by atoms with van der Waals surface area (Å²) in [6, 6.07) is 5.82. The number of aromatic nitrogens is 1. The molecule has 1 amide bonds. The van der Waals surface area contributed by atoms with E-state index in [-0.39, 0.29) is 5.78 Å². The van der Waals surface area contributed by atoms with Crippen LogP contribution in [0.15, 0.2) is 37.1 Å². The molecule has 4 nitrogen and oxygen atoms in total. The first-order valence-corrected chi connectivity index (χ1v) is 7.65. The fraction of sp³-hybridized carbons (Fsp3) is 0.333. The van der Waals surface area contributed by atoms with E-state index in [1.165, 1.54) is 11.6 Å². The Morgan fingerprint density at radius 2 is 2.14 bits per heavy atom. The van der Waals surface area contributed by atoms with Gasteiger partial charge in [-0.3, -0.25) is 9.59 Å². The van der Waals surface area contributed by atoms with Gasteiger partial charge in [0.25, 0.3) is 5.91 Å². The van der Waals surface area contributed by atoms with Crippen LogP contribution in [0.3, 0.4) is 0 Å². The molecule has 1 aromatic heterocycles. The number of H-pyrrole nitrogens is 1. The number of amides is 1. The third-order valence-corrected chi connectivity index (χ3v) is 4.72. The molecular formula is C18H20N2O2. The summed E-state index contributed by atoms with van der Waals surface area (Å²) in [7, 11) is 0. The maximum absolute atomic E-state index is 11.5. The van der Waals surface area contributed by atoms with Crippen LogP contribution in [0, 0.1) is 5.92 Å². The van der Waals surface area contributed by atoms with Crippen molar-refractivity contribution in [2.24, 2.45) is 11.7 Å². The zero-order chi connectivity index (χ0) is 15.7. The molecule has 1 aliphatic carbocycles. The van der Waals surface area contributed by atoms with Crippen molar-refractivity contribution < 1.29 is 9.59 Å². The van der Waals surface area contributed by atoms with Crippen molar-refractivity contribution in [3.05, 3.63) is 48.2 Å². The number of aromatic amines is 1. The molecule has 1 aromatic carbocycles. The Labute approximate surface area is 129 Å². The number of hydrogen-bond acceptors (Lipinski definition) is 2. The Bertz CT molecular complexity index is 745. The highest BCUT2D eigenvalue weighted by molar-refractivity contribution is 6.05. The van der Waals surface area contributed by atoms with Crippen LogP contribution >= 0.6 is 0 Å². The first kappa shape index (κ1) is 14.6. The van der Waals surface area contributed by atoms with Gasteiger partial charge in [-0.15, -0.1) is 0 Å². The molecule has 0 saturated heterocycles. The largest absolute Gasteiger partial charge is 0.366 e. The molecule has 1 heterocycles. The SMILES string of the molecule is C=CC(=O)C[C@H]1CC[C@H](c2ccc(C(N)=O)c3[nH]ccc23)C1. The minimum atomic E-state index is -0.417. The van der Waals surface area contributed by atoms with Gasteiger partial charge in [0.15, 0.2) is 5.78 Å². The normalized spacial score (nSPS) is 21.1. The van der Waals surface area contributed by atoms with Gasteiger partial charge in [-0.1, -0.05) is 12.6 Å². The number of carbonyl (C=O) groups is 2. The van der Waals surface area contributed by atoms with Gasteiger partial charge >= 0.3 is 0 Å². The van der Waals surface area contributed by atoms with Crippen LogP contribution in [0.5, 0.6) is 0 Å². The fourth-order valence-corrected chi connectivity index (χ4v) is 3.65. The number of fused-ring (bicyclic) bond motifs is 1. The van der Waals surface area contributed by atoms with Crippen LogP contribution in [0.25, 0.3) is 10.9 Å². The van der Waals surface area contributed by atoms with E-state index in [0.717, 1.165) is 30.2 Å². The van der Waals surface area contributed by atoms with E-state index >= 15 is 0 Å². The van der Waals surface area contributed by atoms with Crippen molar-refractivity contribution in [3.8, 4) is 0 Å². The molecule has 0 bridgehead atoms. The molecule has 2 aromatic rings. The molecule has 1 saturated carbocycles. The highest BCUT2D eigenvalue weighted by atomic mass is 16.1. The number of primary amides is 1. The highest BCUT2D eigenvalue weighted by Crippen LogP contribution is 2.42. The second kappa shape index (κ2) is 5.79. The van der Waals surface area contributed by atoms with Crippen LogP contribution < -0.4 is 5.73 Å². The molecule has 114 valence electrons. The van der Waals surface area contributed by atoms with Crippen LogP contribution in [-0.4, -0.2) is 16.7 Å². The molecule has 4 heteroatoms. The van der Waals surface area contributed by atoms with Gasteiger partial charge < -0.3 is 10.7 Å². The summed E-state index contributed by atoms with van der Waals surface area (Å²) >= 11 is 0. The smallest absolute Gasteiger partial charge is 0.250 e. The van der Waals surface area contributed by atoms with E-state index in [1.807, 2.05) is 18.3 Å². The summed E-state index contributed by atoms with van der Waals surface area (Å²) < 4.78 is 0. The summed E-state index contributed by atoms with van der Waals surface area (Å²) in [6.07, 6.45) is 7.00. The van der Waals surface area contributed by atoms with Crippen molar-refractivity contribution in [1.29, 1.82) is 0 Å². The maximum atomic E-state index is 11.5. The van der Waals surface area contributed by atoms with Crippen LogP contribution in [0.2, 0.25) is 0 Å². The Hall–Kier alpha value is -2.36. The Morgan fingerprint density at radius 3 is 2.86 bits per heavy atom. The van der Waals surface area contributed by atoms with Gasteiger partial charge in [0.05, 0.1) is 11.1 Å². The predicted molar refractivity (Wildman–Crippen MR) is 86.7 cm³/mol. The summed E-state index contributed by atoms with van der Waals surface area (Å²) in [5.74, 6) is 0.574. The lowest BCUT2D eigenvalue weighted by Gasteiger charge is -2.13. The van der Waals surface area contributed by atoms with E-state index in [9.17, 15) is 9.59 Å². The van der Waals surface area contributed by atoms with Gasteiger partial charge in [-0.05, 0) is 54.9 Å². The topological polar surface area (TPSA) is 76.0 Å². The fourth-order valence-electron chi connectivity index (χ4n) is 3.65. The summed E-state index contributed by atoms with van der Waals surface area (Å²) in [6.45, 7) is 3.54. The van der Waals surface area contributed by atoms with E-state index < -0.39 is 5.91 Å². The summed E-state index contributed by atoms with van der Waals surface area (Å²) in [4.78, 5) is 26.2. The molecule has 2 atom stereocenters. The lowest BCUT2D eigenvalue weighted by atomic mass is 9.91. The standard InChI is InChI=1S/C18H20N2O2/c1-2-13(21)10-11-3-4-12(9-11)14-5-6-16(18(19)22)17-15(14)7-8-20-17/h2,5-8,11-12,20H,1,3-4,9-10H2,(H2,19,22)/t11-,12-/m0/s1. The van der Waals surface area contributed by atoms with Crippen molar-refractivity contribution in [1.82, 2.24) is 4.98 Å². The number of benzene rings is 1. The van der Waals surface area contributed by atoms with Gasteiger partial charge in [0.2, 0.25) is 0 Å². The number of ketones is 1. The quantitative estimate of drug-likeness (QED) is 0.831. The Kier molecular flexibility index (Phi) is 3.84. The summed E-state index contributed by atoms with van der Waals surface area (Å²) in [5, 5.41) is 1.07. The third-order valence-electron chi connectivity index (χ3n) is 4.72. The van der Waals surface area contributed by atoms with E-state index in [1.54, 1.807) is 6.07 Å². The lowest BCUT2D eigenvalue weighted by molar-refractivity contribution is -0.115. The van der Waals surface area contributed by atoms with E-state index in [4.69, 9.17) is 5.73 Å². The molecule has 3 N–H and O–H groups in total. The average molecular weight is 296 g/mol. The first-order valence-electron chi connectivity index (χ1n) is 7.65.